The van der Waals surface area contributed by atoms with Gasteiger partial charge in [0, 0.05) is 37.9 Å². The molecule has 1 saturated heterocycles. The number of nitrogens with zero attached hydrogens (tertiary/aromatic N) is 3. The van der Waals surface area contributed by atoms with Crippen LogP contribution in [0.2, 0.25) is 5.15 Å². The molecule has 27 heavy (non-hydrogen) atoms. The molecule has 6 nitrogen and oxygen atoms in total. The van der Waals surface area contributed by atoms with E-state index >= 15 is 0 Å². The minimum absolute atomic E-state index is 0.0449. The summed E-state index contributed by atoms with van der Waals surface area (Å²) in [6.07, 6.45) is 1.38. The average molecular weight is 420 g/mol. The molecule has 2 heterocycles. The van der Waals surface area contributed by atoms with E-state index in [0.717, 1.165) is 4.31 Å². The highest BCUT2D eigenvalue weighted by molar-refractivity contribution is 7.89. The Hall–Kier alpha value is -2.17. The Bertz CT molecular complexity index is 996. The van der Waals surface area contributed by atoms with Gasteiger partial charge in [-0.25, -0.2) is 26.6 Å². The van der Waals surface area contributed by atoms with Crippen molar-refractivity contribution in [1.29, 1.82) is 0 Å². The summed E-state index contributed by atoms with van der Waals surface area (Å²) in [7, 11) is -4.37. The highest BCUT2D eigenvalue weighted by atomic mass is 35.5. The minimum atomic E-state index is -4.37. The zero-order valence-electron chi connectivity index (χ0n) is 13.7. The van der Waals surface area contributed by atoms with Gasteiger partial charge in [-0.3, -0.25) is 4.79 Å². The maximum atomic E-state index is 13.9. The van der Waals surface area contributed by atoms with Gasteiger partial charge in [-0.1, -0.05) is 11.6 Å². The second-order valence-electron chi connectivity index (χ2n) is 5.74. The van der Waals surface area contributed by atoms with Crippen molar-refractivity contribution >= 4 is 27.5 Å². The Labute approximate surface area is 158 Å². The first-order valence-corrected chi connectivity index (χ1v) is 9.58. The van der Waals surface area contributed by atoms with E-state index in [0.29, 0.717) is 17.7 Å². The van der Waals surface area contributed by atoms with Crippen LogP contribution in [0.1, 0.15) is 10.4 Å². The van der Waals surface area contributed by atoms with Gasteiger partial charge < -0.3 is 4.90 Å². The van der Waals surface area contributed by atoms with Crippen LogP contribution in [-0.4, -0.2) is 54.7 Å². The second-order valence-corrected chi connectivity index (χ2v) is 8.03. The Kier molecular flexibility index (Phi) is 5.41. The number of amides is 1. The lowest BCUT2D eigenvalue weighted by Gasteiger charge is -2.34. The molecule has 0 aliphatic carbocycles. The van der Waals surface area contributed by atoms with Crippen molar-refractivity contribution in [1.82, 2.24) is 14.2 Å². The number of rotatable bonds is 3. The third kappa shape index (κ3) is 3.78. The smallest absolute Gasteiger partial charge is 0.254 e. The molecule has 1 amide bonds. The first-order valence-electron chi connectivity index (χ1n) is 7.76. The number of carbonyl (C=O) groups excluding carboxylic acids is 1. The predicted molar refractivity (Wildman–Crippen MR) is 90.2 cm³/mol. The van der Waals surface area contributed by atoms with Gasteiger partial charge in [0.2, 0.25) is 10.0 Å². The SMILES string of the molecule is O=C(c1ccnc(Cl)c1)N1CCN(S(=O)(=O)c2ccc(F)c(F)c2F)CC1. The number of pyridine rings is 1. The monoisotopic (exact) mass is 419 g/mol. The Balaban J connectivity index is 1.75. The molecule has 0 bridgehead atoms. The molecule has 0 spiro atoms. The lowest BCUT2D eigenvalue weighted by atomic mass is 10.2. The molecule has 3 rings (SSSR count). The van der Waals surface area contributed by atoms with Crippen LogP contribution in [0.4, 0.5) is 13.2 Å². The molecule has 1 aromatic heterocycles. The van der Waals surface area contributed by atoms with Gasteiger partial charge in [0.15, 0.2) is 17.5 Å². The number of halogens is 4. The summed E-state index contributed by atoms with van der Waals surface area (Å²) in [5.74, 6) is -5.44. The van der Waals surface area contributed by atoms with Crippen LogP contribution in [0.25, 0.3) is 0 Å². The zero-order valence-corrected chi connectivity index (χ0v) is 15.3. The van der Waals surface area contributed by atoms with E-state index in [1.165, 1.54) is 23.2 Å². The number of sulfonamides is 1. The molecular formula is C16H13ClF3N3O3S. The highest BCUT2D eigenvalue weighted by Gasteiger charge is 2.33. The van der Waals surface area contributed by atoms with Crippen LogP contribution in [0.15, 0.2) is 35.4 Å². The molecule has 11 heteroatoms. The van der Waals surface area contributed by atoms with Crippen LogP contribution in [0.3, 0.4) is 0 Å². The van der Waals surface area contributed by atoms with Crippen molar-refractivity contribution < 1.29 is 26.4 Å². The van der Waals surface area contributed by atoms with Gasteiger partial charge in [0.25, 0.3) is 5.91 Å². The molecule has 1 aliphatic rings. The first-order chi connectivity index (χ1) is 12.7. The molecular weight excluding hydrogens is 407 g/mol. The van der Waals surface area contributed by atoms with Gasteiger partial charge in [0.1, 0.15) is 10.0 Å². The van der Waals surface area contributed by atoms with Crippen LogP contribution in [0, 0.1) is 17.5 Å². The Morgan fingerprint density at radius 1 is 1.04 bits per heavy atom. The molecule has 0 unspecified atom stereocenters. The summed E-state index contributed by atoms with van der Waals surface area (Å²) in [6.45, 7) is -0.150. The highest BCUT2D eigenvalue weighted by Crippen LogP contribution is 2.24. The predicted octanol–water partition coefficient (Wildman–Crippen LogP) is 2.30. The van der Waals surface area contributed by atoms with Crippen LogP contribution < -0.4 is 0 Å². The first kappa shape index (κ1) is 19.6. The van der Waals surface area contributed by atoms with Gasteiger partial charge in [-0.15, -0.1) is 0 Å². The van der Waals surface area contributed by atoms with E-state index in [2.05, 4.69) is 4.98 Å². The fourth-order valence-corrected chi connectivity index (χ4v) is 4.35. The van der Waals surface area contributed by atoms with Crippen LogP contribution >= 0.6 is 11.6 Å². The van der Waals surface area contributed by atoms with E-state index in [1.807, 2.05) is 0 Å². The van der Waals surface area contributed by atoms with Gasteiger partial charge in [-0.2, -0.15) is 4.31 Å². The van der Waals surface area contributed by atoms with Crippen molar-refractivity contribution in [2.75, 3.05) is 26.2 Å². The Morgan fingerprint density at radius 3 is 2.33 bits per heavy atom. The molecule has 0 N–H and O–H groups in total. The topological polar surface area (TPSA) is 70.6 Å². The van der Waals surface area contributed by atoms with Crippen molar-refractivity contribution in [2.45, 2.75) is 4.90 Å². The van der Waals surface area contributed by atoms with Crippen molar-refractivity contribution in [3.8, 4) is 0 Å². The number of piperazine rings is 1. The van der Waals surface area contributed by atoms with Crippen LogP contribution in [-0.2, 0) is 10.0 Å². The van der Waals surface area contributed by atoms with E-state index in [-0.39, 0.29) is 37.2 Å². The van der Waals surface area contributed by atoms with Crippen LogP contribution in [0.5, 0.6) is 0 Å². The lowest BCUT2D eigenvalue weighted by molar-refractivity contribution is 0.0697. The number of carbonyl (C=O) groups is 1. The molecule has 1 aromatic carbocycles. The molecule has 0 saturated carbocycles. The quantitative estimate of drug-likeness (QED) is 0.565. The summed E-state index contributed by atoms with van der Waals surface area (Å²) < 4.78 is 66.3. The Morgan fingerprint density at radius 2 is 1.70 bits per heavy atom. The summed E-state index contributed by atoms with van der Waals surface area (Å²) >= 11 is 5.76. The number of aromatic nitrogens is 1. The molecule has 1 aliphatic heterocycles. The number of hydrogen-bond donors (Lipinski definition) is 0. The van der Waals surface area contributed by atoms with E-state index in [9.17, 15) is 26.4 Å². The zero-order chi connectivity index (χ0) is 19.8. The fraction of sp³-hybridized carbons (Fsp3) is 0.250. The van der Waals surface area contributed by atoms with E-state index in [4.69, 9.17) is 11.6 Å². The van der Waals surface area contributed by atoms with Crippen molar-refractivity contribution in [2.24, 2.45) is 0 Å². The number of hydrogen-bond acceptors (Lipinski definition) is 4. The maximum absolute atomic E-state index is 13.9. The normalized spacial score (nSPS) is 15.8. The average Bonchev–Trinajstić information content (AvgIpc) is 2.65. The summed E-state index contributed by atoms with van der Waals surface area (Å²) in [4.78, 5) is 16.7. The minimum Gasteiger partial charge on any atom is -0.336 e. The lowest BCUT2D eigenvalue weighted by Crippen LogP contribution is -2.50. The maximum Gasteiger partial charge on any atom is 0.254 e. The molecule has 0 radical (unpaired) electrons. The second kappa shape index (κ2) is 7.45. The molecule has 0 atom stereocenters. The van der Waals surface area contributed by atoms with Crippen molar-refractivity contribution in [3.63, 3.8) is 0 Å². The third-order valence-electron chi connectivity index (χ3n) is 4.12. The van der Waals surface area contributed by atoms with E-state index in [1.54, 1.807) is 0 Å². The molecule has 1 fully saturated rings. The van der Waals surface area contributed by atoms with E-state index < -0.39 is 32.4 Å². The number of benzene rings is 1. The van der Waals surface area contributed by atoms with Gasteiger partial charge in [-0.05, 0) is 24.3 Å². The summed E-state index contributed by atoms with van der Waals surface area (Å²) in [5, 5.41) is 0.149. The van der Waals surface area contributed by atoms with Crippen molar-refractivity contribution in [3.05, 3.63) is 58.6 Å². The summed E-state index contributed by atoms with van der Waals surface area (Å²) in [5.41, 5.74) is 0.304. The van der Waals surface area contributed by atoms with Gasteiger partial charge >= 0.3 is 0 Å². The largest absolute Gasteiger partial charge is 0.336 e. The third-order valence-corrected chi connectivity index (χ3v) is 6.24. The summed E-state index contributed by atoms with van der Waals surface area (Å²) in [6, 6.07) is 4.11. The van der Waals surface area contributed by atoms with Gasteiger partial charge in [0.05, 0.1) is 0 Å². The standard InChI is InChI=1S/C16H13ClF3N3O3S/c17-13-9-10(3-4-21-13)16(24)22-5-7-23(8-6-22)27(25,26)12-2-1-11(18)14(19)15(12)20/h1-4,9H,5-8H2. The fourth-order valence-electron chi connectivity index (χ4n) is 2.70. The molecule has 2 aromatic rings. The molecule has 144 valence electrons.